The van der Waals surface area contributed by atoms with E-state index < -0.39 is 5.97 Å². The second-order valence-corrected chi connectivity index (χ2v) is 6.26. The highest BCUT2D eigenvalue weighted by atomic mass is 32.2. The zero-order valence-electron chi connectivity index (χ0n) is 11.3. The summed E-state index contributed by atoms with van der Waals surface area (Å²) >= 11 is 1.86. The lowest BCUT2D eigenvalue weighted by Crippen LogP contribution is -2.39. The molecule has 0 radical (unpaired) electrons. The molecule has 1 heterocycles. The Kier molecular flexibility index (Phi) is 5.00. The maximum atomic E-state index is 12.1. The number of hydrogen-bond acceptors (Lipinski definition) is 4. The first kappa shape index (κ1) is 14.8. The van der Waals surface area contributed by atoms with Crippen LogP contribution in [-0.4, -0.2) is 39.0 Å². The van der Waals surface area contributed by atoms with Gasteiger partial charge in [0.25, 0.3) is 5.91 Å². The number of nitrogens with zero attached hydrogens (tertiary/aromatic N) is 1. The van der Waals surface area contributed by atoms with E-state index in [0.29, 0.717) is 5.25 Å². The number of amides is 1. The van der Waals surface area contributed by atoms with Crippen LogP contribution in [0.25, 0.3) is 0 Å². The lowest BCUT2D eigenvalue weighted by molar-refractivity contribution is 0.0696. The maximum absolute atomic E-state index is 12.1. The minimum Gasteiger partial charge on any atom is -0.478 e. The molecule has 1 aromatic rings. The van der Waals surface area contributed by atoms with Gasteiger partial charge in [0.1, 0.15) is 5.69 Å². The van der Waals surface area contributed by atoms with E-state index in [9.17, 15) is 9.59 Å². The standard InChI is InChI=1S/C14H18N2O3S/c1-2-20-12-5-3-4-10(12)16-13(17)11-8-9(14(18)19)6-7-15-11/h6-8,10,12H,2-5H2,1H3,(H,16,17)(H,18,19). The number of nitrogens with one attached hydrogen (secondary N) is 1. The van der Waals surface area contributed by atoms with Crippen LogP contribution in [-0.2, 0) is 0 Å². The first-order chi connectivity index (χ1) is 9.61. The van der Waals surface area contributed by atoms with Gasteiger partial charge in [-0.25, -0.2) is 4.79 Å². The molecule has 2 N–H and O–H groups in total. The van der Waals surface area contributed by atoms with Crippen LogP contribution in [0.2, 0.25) is 0 Å². The lowest BCUT2D eigenvalue weighted by atomic mass is 10.2. The molecule has 5 nitrogen and oxygen atoms in total. The van der Waals surface area contributed by atoms with Crippen molar-refractivity contribution in [1.29, 1.82) is 0 Å². The summed E-state index contributed by atoms with van der Waals surface area (Å²) in [7, 11) is 0. The third kappa shape index (κ3) is 3.50. The summed E-state index contributed by atoms with van der Waals surface area (Å²) in [5.74, 6) is -0.313. The van der Waals surface area contributed by atoms with Gasteiger partial charge in [0.15, 0.2) is 0 Å². The van der Waals surface area contributed by atoms with Crippen molar-refractivity contribution >= 4 is 23.6 Å². The van der Waals surface area contributed by atoms with Gasteiger partial charge in [0.05, 0.1) is 5.56 Å². The van der Waals surface area contributed by atoms with E-state index >= 15 is 0 Å². The SMILES string of the molecule is CCSC1CCCC1NC(=O)c1cc(C(=O)O)ccn1. The van der Waals surface area contributed by atoms with Gasteiger partial charge in [-0.1, -0.05) is 13.3 Å². The summed E-state index contributed by atoms with van der Waals surface area (Å²) in [5.41, 5.74) is 0.244. The van der Waals surface area contributed by atoms with E-state index in [1.807, 2.05) is 11.8 Å². The monoisotopic (exact) mass is 294 g/mol. The normalized spacial score (nSPS) is 21.6. The molecule has 0 aliphatic heterocycles. The molecule has 0 saturated heterocycles. The highest BCUT2D eigenvalue weighted by Gasteiger charge is 2.29. The third-order valence-corrected chi connectivity index (χ3v) is 4.72. The zero-order valence-corrected chi connectivity index (χ0v) is 12.2. The number of aromatic nitrogens is 1. The van der Waals surface area contributed by atoms with Gasteiger partial charge >= 0.3 is 5.97 Å². The first-order valence-electron chi connectivity index (χ1n) is 6.73. The van der Waals surface area contributed by atoms with Crippen LogP contribution in [0.15, 0.2) is 18.3 Å². The molecule has 1 aliphatic rings. The predicted octanol–water partition coefficient (Wildman–Crippen LogP) is 2.18. The molecule has 2 atom stereocenters. The van der Waals surface area contributed by atoms with Crippen molar-refractivity contribution in [2.45, 2.75) is 37.5 Å². The summed E-state index contributed by atoms with van der Waals surface area (Å²) in [6.45, 7) is 2.11. The van der Waals surface area contributed by atoms with Gasteiger partial charge < -0.3 is 10.4 Å². The van der Waals surface area contributed by atoms with Gasteiger partial charge in [-0.3, -0.25) is 9.78 Å². The number of carbonyl (C=O) groups excluding carboxylic acids is 1. The van der Waals surface area contributed by atoms with Crippen molar-refractivity contribution in [2.24, 2.45) is 0 Å². The topological polar surface area (TPSA) is 79.3 Å². The molecule has 0 aromatic carbocycles. The summed E-state index contributed by atoms with van der Waals surface area (Å²) in [6.07, 6.45) is 4.56. The summed E-state index contributed by atoms with van der Waals surface area (Å²) < 4.78 is 0. The van der Waals surface area contributed by atoms with Gasteiger partial charge in [-0.2, -0.15) is 11.8 Å². The maximum Gasteiger partial charge on any atom is 0.335 e. The van der Waals surface area contributed by atoms with Crippen LogP contribution in [0, 0.1) is 0 Å². The number of pyridine rings is 1. The Hall–Kier alpha value is -1.56. The Bertz CT molecular complexity index is 507. The van der Waals surface area contributed by atoms with Gasteiger partial charge in [0.2, 0.25) is 0 Å². The molecule has 108 valence electrons. The predicted molar refractivity (Wildman–Crippen MR) is 78.2 cm³/mol. The van der Waals surface area contributed by atoms with Crippen LogP contribution in [0.5, 0.6) is 0 Å². The molecule has 2 rings (SSSR count). The number of aromatic carboxylic acids is 1. The van der Waals surface area contributed by atoms with E-state index in [-0.39, 0.29) is 23.2 Å². The van der Waals surface area contributed by atoms with Crippen LogP contribution >= 0.6 is 11.8 Å². The van der Waals surface area contributed by atoms with Crippen molar-refractivity contribution in [3.8, 4) is 0 Å². The lowest BCUT2D eigenvalue weighted by Gasteiger charge is -2.19. The number of carbonyl (C=O) groups is 2. The fraction of sp³-hybridized carbons (Fsp3) is 0.500. The van der Waals surface area contributed by atoms with Crippen LogP contribution in [0.1, 0.15) is 47.0 Å². The van der Waals surface area contributed by atoms with Crippen molar-refractivity contribution in [3.05, 3.63) is 29.6 Å². The van der Waals surface area contributed by atoms with Crippen LogP contribution in [0.4, 0.5) is 0 Å². The van der Waals surface area contributed by atoms with Crippen LogP contribution in [0.3, 0.4) is 0 Å². The largest absolute Gasteiger partial charge is 0.478 e. The highest BCUT2D eigenvalue weighted by molar-refractivity contribution is 7.99. The Morgan fingerprint density at radius 1 is 1.50 bits per heavy atom. The Labute approximate surface area is 122 Å². The number of carboxylic acid groups (broad SMARTS) is 1. The molecular formula is C14H18N2O3S. The van der Waals surface area contributed by atoms with Crippen LogP contribution < -0.4 is 5.32 Å². The zero-order chi connectivity index (χ0) is 14.5. The Morgan fingerprint density at radius 3 is 3.00 bits per heavy atom. The Morgan fingerprint density at radius 2 is 2.30 bits per heavy atom. The Balaban J connectivity index is 2.04. The van der Waals surface area contributed by atoms with E-state index in [1.54, 1.807) is 0 Å². The third-order valence-electron chi connectivity index (χ3n) is 3.39. The molecule has 1 aliphatic carbocycles. The van der Waals surface area contributed by atoms with Crippen molar-refractivity contribution in [3.63, 3.8) is 0 Å². The first-order valence-corrected chi connectivity index (χ1v) is 7.78. The molecule has 20 heavy (non-hydrogen) atoms. The van der Waals surface area contributed by atoms with Gasteiger partial charge in [-0.05, 0) is 30.7 Å². The van der Waals surface area contributed by atoms with E-state index in [2.05, 4.69) is 17.2 Å². The summed E-state index contributed by atoms with van der Waals surface area (Å²) in [4.78, 5) is 27.0. The average Bonchev–Trinajstić information content (AvgIpc) is 2.86. The van der Waals surface area contributed by atoms with Gasteiger partial charge in [-0.15, -0.1) is 0 Å². The summed E-state index contributed by atoms with van der Waals surface area (Å²) in [5, 5.41) is 12.4. The number of thioether (sulfide) groups is 1. The molecular weight excluding hydrogens is 276 g/mol. The number of carboxylic acids is 1. The molecule has 1 aromatic heterocycles. The molecule has 0 spiro atoms. The molecule has 1 fully saturated rings. The second-order valence-electron chi connectivity index (χ2n) is 4.74. The fourth-order valence-electron chi connectivity index (χ4n) is 2.43. The van der Waals surface area contributed by atoms with E-state index in [4.69, 9.17) is 5.11 Å². The van der Waals surface area contributed by atoms with Crippen molar-refractivity contribution in [1.82, 2.24) is 10.3 Å². The summed E-state index contributed by atoms with van der Waals surface area (Å²) in [6, 6.07) is 2.85. The van der Waals surface area contributed by atoms with E-state index in [0.717, 1.165) is 25.0 Å². The minimum atomic E-state index is -1.05. The van der Waals surface area contributed by atoms with Crippen molar-refractivity contribution < 1.29 is 14.7 Å². The number of rotatable bonds is 5. The molecule has 0 bridgehead atoms. The quantitative estimate of drug-likeness (QED) is 0.870. The van der Waals surface area contributed by atoms with Gasteiger partial charge in [0, 0.05) is 17.5 Å². The fourth-order valence-corrected chi connectivity index (χ4v) is 3.63. The minimum absolute atomic E-state index is 0.0797. The molecule has 2 unspecified atom stereocenters. The average molecular weight is 294 g/mol. The molecule has 6 heteroatoms. The second kappa shape index (κ2) is 6.74. The molecule has 1 amide bonds. The van der Waals surface area contributed by atoms with Crippen molar-refractivity contribution in [2.75, 3.05) is 5.75 Å². The van der Waals surface area contributed by atoms with E-state index in [1.165, 1.54) is 18.3 Å². The highest BCUT2D eigenvalue weighted by Crippen LogP contribution is 2.29. The number of hydrogen-bond donors (Lipinski definition) is 2. The smallest absolute Gasteiger partial charge is 0.335 e. The molecule has 1 saturated carbocycles.